The number of nitrogens with zero attached hydrogens (tertiary/aromatic N) is 3. The summed E-state index contributed by atoms with van der Waals surface area (Å²) in [6.45, 7) is 1.22. The van der Waals surface area contributed by atoms with Crippen molar-refractivity contribution in [2.24, 2.45) is 5.92 Å². The summed E-state index contributed by atoms with van der Waals surface area (Å²) in [6.07, 6.45) is 1.60. The summed E-state index contributed by atoms with van der Waals surface area (Å²) in [5.74, 6) is -0.109. The molecule has 0 radical (unpaired) electrons. The van der Waals surface area contributed by atoms with E-state index in [1.54, 1.807) is 36.4 Å². The third-order valence-electron chi connectivity index (χ3n) is 5.25. The fourth-order valence-corrected chi connectivity index (χ4v) is 3.75. The number of amides is 1. The largest absolute Gasteiger partial charge is 0.396 e. The molecule has 0 aliphatic carbocycles. The van der Waals surface area contributed by atoms with Crippen LogP contribution in [0, 0.1) is 11.7 Å². The minimum absolute atomic E-state index is 0.0603. The Hall–Kier alpha value is -3.39. The van der Waals surface area contributed by atoms with Gasteiger partial charge in [-0.3, -0.25) is 4.79 Å². The molecule has 0 unspecified atom stereocenters. The first kappa shape index (κ1) is 20.9. The molecule has 31 heavy (non-hydrogen) atoms. The number of nitrogens with two attached hydrogens (primary N) is 2. The summed E-state index contributed by atoms with van der Waals surface area (Å²) in [5.41, 5.74) is 13.3. The number of aromatic nitrogens is 2. The van der Waals surface area contributed by atoms with Crippen LogP contribution in [-0.4, -0.2) is 29.0 Å². The Morgan fingerprint density at radius 3 is 2.65 bits per heavy atom. The first-order valence-electron chi connectivity index (χ1n) is 9.90. The predicted octanol–water partition coefficient (Wildman–Crippen LogP) is 3.96. The van der Waals surface area contributed by atoms with Crippen molar-refractivity contribution in [3.05, 3.63) is 59.4 Å². The quantitative estimate of drug-likeness (QED) is 0.530. The van der Waals surface area contributed by atoms with E-state index in [0.29, 0.717) is 34.3 Å². The van der Waals surface area contributed by atoms with Gasteiger partial charge in [-0.15, -0.1) is 0 Å². The number of nitrogen functional groups attached to an aromatic ring is 2. The Morgan fingerprint density at radius 2 is 1.90 bits per heavy atom. The maximum atomic E-state index is 13.9. The lowest BCUT2D eigenvalue weighted by Crippen LogP contribution is -2.41. The highest BCUT2D eigenvalue weighted by atomic mass is 35.5. The van der Waals surface area contributed by atoms with E-state index in [-0.39, 0.29) is 23.5 Å². The van der Waals surface area contributed by atoms with Crippen molar-refractivity contribution in [3.63, 3.8) is 0 Å². The highest BCUT2D eigenvalue weighted by molar-refractivity contribution is 6.30. The maximum absolute atomic E-state index is 13.9. The monoisotopic (exact) mass is 440 g/mol. The molecule has 1 aliphatic rings. The molecule has 160 valence electrons. The zero-order chi connectivity index (χ0) is 22.0. The van der Waals surface area contributed by atoms with Crippen LogP contribution < -0.4 is 21.7 Å². The number of nitrogens with one attached hydrogen (secondary N) is 1. The topological polar surface area (TPSA) is 110 Å². The molecule has 1 aromatic heterocycles. The van der Waals surface area contributed by atoms with Gasteiger partial charge in [-0.2, -0.15) is 4.98 Å². The minimum Gasteiger partial charge on any atom is -0.396 e. The highest BCUT2D eigenvalue weighted by Gasteiger charge is 2.27. The van der Waals surface area contributed by atoms with Gasteiger partial charge in [-0.25, -0.2) is 9.37 Å². The Morgan fingerprint density at radius 1 is 1.13 bits per heavy atom. The number of piperidine rings is 1. The SMILES string of the molecule is Nc1nc(-c2ccc(N)c(F)c2)cc(N2CCC[C@H](C(=O)Nc3ccc(Cl)cc3)C2)n1. The molecule has 2 aromatic carbocycles. The van der Waals surface area contributed by atoms with Crippen LogP contribution in [-0.2, 0) is 4.79 Å². The Kier molecular flexibility index (Phi) is 5.90. The van der Waals surface area contributed by atoms with Crippen LogP contribution in [0.25, 0.3) is 11.3 Å². The van der Waals surface area contributed by atoms with Crippen molar-refractivity contribution in [1.82, 2.24) is 9.97 Å². The standard InChI is InChI=1S/C22H22ClFN6O/c23-15-4-6-16(7-5-15)27-21(31)14-2-1-9-30(12-14)20-11-19(28-22(26)29-20)13-3-8-18(25)17(24)10-13/h3-8,10-11,14H,1-2,9,12,25H2,(H,27,31)(H2,26,28,29)/t14-/m0/s1. The number of halogens is 2. The van der Waals surface area contributed by atoms with Crippen molar-refractivity contribution >= 4 is 40.6 Å². The Bertz CT molecular complexity index is 1110. The van der Waals surface area contributed by atoms with E-state index in [0.717, 1.165) is 19.4 Å². The van der Waals surface area contributed by atoms with Crippen LogP contribution in [0.15, 0.2) is 48.5 Å². The van der Waals surface area contributed by atoms with Crippen LogP contribution in [0.4, 0.5) is 27.5 Å². The lowest BCUT2D eigenvalue weighted by molar-refractivity contribution is -0.120. The van der Waals surface area contributed by atoms with Crippen LogP contribution in [0.1, 0.15) is 12.8 Å². The van der Waals surface area contributed by atoms with Gasteiger partial charge in [0.05, 0.1) is 17.3 Å². The molecular weight excluding hydrogens is 419 g/mol. The van der Waals surface area contributed by atoms with Crippen LogP contribution in [0.2, 0.25) is 5.02 Å². The molecule has 1 aliphatic heterocycles. The fraction of sp³-hybridized carbons (Fsp3) is 0.227. The Labute approximate surface area is 184 Å². The van der Waals surface area contributed by atoms with Crippen molar-refractivity contribution in [2.75, 3.05) is 34.8 Å². The van der Waals surface area contributed by atoms with Crippen molar-refractivity contribution in [1.29, 1.82) is 0 Å². The van der Waals surface area contributed by atoms with Crippen LogP contribution in [0.3, 0.4) is 0 Å². The van der Waals surface area contributed by atoms with E-state index in [2.05, 4.69) is 15.3 Å². The molecule has 0 spiro atoms. The number of hydrogen-bond donors (Lipinski definition) is 3. The number of carbonyl (C=O) groups is 1. The van der Waals surface area contributed by atoms with Gasteiger partial charge in [0.15, 0.2) is 0 Å². The lowest BCUT2D eigenvalue weighted by atomic mass is 9.97. The third-order valence-corrected chi connectivity index (χ3v) is 5.51. The molecule has 4 rings (SSSR count). The number of benzene rings is 2. The average molecular weight is 441 g/mol. The number of rotatable bonds is 4. The highest BCUT2D eigenvalue weighted by Crippen LogP contribution is 2.28. The maximum Gasteiger partial charge on any atom is 0.229 e. The number of hydrogen-bond acceptors (Lipinski definition) is 6. The molecule has 7 nitrogen and oxygen atoms in total. The van der Waals surface area contributed by atoms with E-state index < -0.39 is 5.82 Å². The van der Waals surface area contributed by atoms with Gasteiger partial charge in [0.1, 0.15) is 11.6 Å². The van der Waals surface area contributed by atoms with Gasteiger partial charge in [-0.05, 0) is 49.2 Å². The number of anilines is 4. The summed E-state index contributed by atoms with van der Waals surface area (Å²) in [6, 6.07) is 13.2. The van der Waals surface area contributed by atoms with Crippen LogP contribution in [0.5, 0.6) is 0 Å². The molecular formula is C22H22ClFN6O. The normalized spacial score (nSPS) is 16.2. The molecule has 3 aromatic rings. The van der Waals surface area contributed by atoms with Gasteiger partial charge in [0.25, 0.3) is 0 Å². The van der Waals surface area contributed by atoms with E-state index in [9.17, 15) is 9.18 Å². The van der Waals surface area contributed by atoms with Gasteiger partial charge in [-0.1, -0.05) is 17.7 Å². The zero-order valence-corrected chi connectivity index (χ0v) is 17.4. The van der Waals surface area contributed by atoms with E-state index in [1.165, 1.54) is 12.1 Å². The van der Waals surface area contributed by atoms with Gasteiger partial charge in [0, 0.05) is 35.4 Å². The molecule has 5 N–H and O–H groups in total. The van der Waals surface area contributed by atoms with Gasteiger partial charge in [0.2, 0.25) is 11.9 Å². The number of carbonyl (C=O) groups excluding carboxylic acids is 1. The molecule has 0 saturated carbocycles. The fourth-order valence-electron chi connectivity index (χ4n) is 3.63. The first-order chi connectivity index (χ1) is 14.9. The van der Waals surface area contributed by atoms with E-state index in [1.807, 2.05) is 4.90 Å². The predicted molar refractivity (Wildman–Crippen MR) is 121 cm³/mol. The first-order valence-corrected chi connectivity index (χ1v) is 10.3. The summed E-state index contributed by atoms with van der Waals surface area (Å²) >= 11 is 5.90. The summed E-state index contributed by atoms with van der Waals surface area (Å²) < 4.78 is 13.9. The lowest BCUT2D eigenvalue weighted by Gasteiger charge is -2.33. The minimum atomic E-state index is -0.520. The molecule has 1 atom stereocenters. The summed E-state index contributed by atoms with van der Waals surface area (Å²) in [5, 5.41) is 3.55. The van der Waals surface area contributed by atoms with Gasteiger partial charge >= 0.3 is 0 Å². The van der Waals surface area contributed by atoms with Crippen LogP contribution >= 0.6 is 11.6 Å². The van der Waals surface area contributed by atoms with Crippen molar-refractivity contribution in [3.8, 4) is 11.3 Å². The van der Waals surface area contributed by atoms with Crippen molar-refractivity contribution < 1.29 is 9.18 Å². The average Bonchev–Trinajstić information content (AvgIpc) is 2.77. The molecule has 2 heterocycles. The Balaban J connectivity index is 1.52. The third kappa shape index (κ3) is 4.86. The van der Waals surface area contributed by atoms with Gasteiger partial charge < -0.3 is 21.7 Å². The smallest absolute Gasteiger partial charge is 0.229 e. The molecule has 1 fully saturated rings. The second-order valence-corrected chi connectivity index (χ2v) is 7.92. The summed E-state index contributed by atoms with van der Waals surface area (Å²) in [7, 11) is 0. The second kappa shape index (κ2) is 8.77. The molecule has 9 heteroatoms. The molecule has 1 saturated heterocycles. The summed E-state index contributed by atoms with van der Waals surface area (Å²) in [4.78, 5) is 23.3. The van der Waals surface area contributed by atoms with Crippen molar-refractivity contribution in [2.45, 2.75) is 12.8 Å². The zero-order valence-electron chi connectivity index (χ0n) is 16.7. The molecule has 0 bridgehead atoms. The second-order valence-electron chi connectivity index (χ2n) is 7.49. The molecule has 1 amide bonds. The van der Waals surface area contributed by atoms with E-state index >= 15 is 0 Å². The van der Waals surface area contributed by atoms with E-state index in [4.69, 9.17) is 23.1 Å².